The zero-order valence-electron chi connectivity index (χ0n) is 18.7. The van der Waals surface area contributed by atoms with Gasteiger partial charge in [-0.3, -0.25) is 19.2 Å². The van der Waals surface area contributed by atoms with Crippen molar-refractivity contribution >= 4 is 23.9 Å². The molecule has 0 spiro atoms. The van der Waals surface area contributed by atoms with E-state index in [2.05, 4.69) is 0 Å². The van der Waals surface area contributed by atoms with Gasteiger partial charge in [-0.2, -0.15) is 0 Å². The summed E-state index contributed by atoms with van der Waals surface area (Å²) in [6, 6.07) is 0. The van der Waals surface area contributed by atoms with E-state index in [1.54, 1.807) is 55.6 Å². The summed E-state index contributed by atoms with van der Waals surface area (Å²) in [5, 5.41) is 0. The summed E-state index contributed by atoms with van der Waals surface area (Å²) in [6.45, 7) is 8.19. The highest BCUT2D eigenvalue weighted by atomic mass is 16.6. The van der Waals surface area contributed by atoms with E-state index in [1.165, 1.54) is 0 Å². The second-order valence-corrected chi connectivity index (χ2v) is 6.58. The third kappa shape index (κ3) is 8.77. The molecule has 10 heteroatoms. The smallest absolute Gasteiger partial charge is 0.320 e. The Morgan fingerprint density at radius 1 is 0.742 bits per heavy atom. The molecule has 0 radical (unpaired) electrons. The Morgan fingerprint density at radius 3 is 1.58 bits per heavy atom. The fourth-order valence-electron chi connectivity index (χ4n) is 2.89. The van der Waals surface area contributed by atoms with E-state index in [1.807, 2.05) is 0 Å². The van der Waals surface area contributed by atoms with E-state index in [4.69, 9.17) is 18.9 Å². The number of hydrogen-bond acceptors (Lipinski definition) is 8. The summed E-state index contributed by atoms with van der Waals surface area (Å²) < 4.78 is 23.5. The van der Waals surface area contributed by atoms with Gasteiger partial charge in [0, 0.05) is 12.8 Å². The van der Waals surface area contributed by atoms with Crippen LogP contribution < -0.4 is 4.57 Å². The lowest BCUT2D eigenvalue weighted by molar-refractivity contribution is -0.697. The summed E-state index contributed by atoms with van der Waals surface area (Å²) in [5.41, 5.74) is 0. The maximum Gasteiger partial charge on any atom is 0.320 e. The number of nitrogens with zero attached hydrogens (tertiary/aromatic N) is 2. The summed E-state index contributed by atoms with van der Waals surface area (Å²) in [5.74, 6) is -4.40. The molecule has 174 valence electrons. The first kappa shape index (κ1) is 26.1. The molecule has 0 fully saturated rings. The Kier molecular flexibility index (Phi) is 11.9. The molecule has 1 heterocycles. The van der Waals surface area contributed by atoms with Crippen LogP contribution in [0.25, 0.3) is 0 Å². The standard InChI is InChI=1S/C21H33N2O8/c1-5-28-18(24)16(19(25)29-6-2)9-11-22-13-14-23(15-22)12-10-17(20(26)30-7-3)21(27)31-8-4/h13-17H,5-12H2,1-4H3/q+1. The van der Waals surface area contributed by atoms with E-state index in [9.17, 15) is 19.2 Å². The Morgan fingerprint density at radius 2 is 1.16 bits per heavy atom. The van der Waals surface area contributed by atoms with Gasteiger partial charge in [-0.1, -0.05) is 0 Å². The van der Waals surface area contributed by atoms with Crippen LogP contribution in [0.1, 0.15) is 40.5 Å². The SMILES string of the molecule is CCOC(=O)C(CCn1cc[n+](CCC(C(=O)OCC)C(=O)OCC)c1)C(=O)OCC. The van der Waals surface area contributed by atoms with Crippen LogP contribution in [-0.2, 0) is 51.2 Å². The molecule has 0 saturated carbocycles. The minimum Gasteiger partial charge on any atom is -0.465 e. The van der Waals surface area contributed by atoms with Crippen molar-refractivity contribution in [3.05, 3.63) is 18.7 Å². The van der Waals surface area contributed by atoms with Gasteiger partial charge in [-0.15, -0.1) is 0 Å². The maximum atomic E-state index is 12.1. The normalized spacial score (nSPS) is 10.8. The summed E-state index contributed by atoms with van der Waals surface area (Å²) >= 11 is 0. The molecule has 0 saturated heterocycles. The number of aryl methyl sites for hydroxylation is 2. The average molecular weight is 442 g/mol. The third-order valence-electron chi connectivity index (χ3n) is 4.38. The molecular formula is C21H33N2O8+. The first-order chi connectivity index (χ1) is 14.9. The largest absolute Gasteiger partial charge is 0.465 e. The Balaban J connectivity index is 2.72. The maximum absolute atomic E-state index is 12.1. The fourth-order valence-corrected chi connectivity index (χ4v) is 2.89. The predicted octanol–water partition coefficient (Wildman–Crippen LogP) is 1.04. The minimum absolute atomic E-state index is 0.181. The average Bonchev–Trinajstić information content (AvgIpc) is 3.17. The van der Waals surface area contributed by atoms with Gasteiger partial charge >= 0.3 is 23.9 Å². The predicted molar refractivity (Wildman–Crippen MR) is 107 cm³/mol. The van der Waals surface area contributed by atoms with Crippen molar-refractivity contribution in [2.24, 2.45) is 11.8 Å². The summed E-state index contributed by atoms with van der Waals surface area (Å²) in [6.07, 6.45) is 5.76. The van der Waals surface area contributed by atoms with Crippen molar-refractivity contribution in [1.82, 2.24) is 4.57 Å². The highest BCUT2D eigenvalue weighted by Crippen LogP contribution is 2.12. The topological polar surface area (TPSA) is 114 Å². The lowest BCUT2D eigenvalue weighted by Crippen LogP contribution is -2.37. The molecule has 0 N–H and O–H groups in total. The van der Waals surface area contributed by atoms with Crippen molar-refractivity contribution in [2.45, 2.75) is 53.6 Å². The van der Waals surface area contributed by atoms with Crippen molar-refractivity contribution < 1.29 is 42.7 Å². The molecule has 1 aromatic heterocycles. The van der Waals surface area contributed by atoms with E-state index >= 15 is 0 Å². The number of imidazole rings is 1. The molecule has 10 nitrogen and oxygen atoms in total. The van der Waals surface area contributed by atoms with Crippen LogP contribution in [0.2, 0.25) is 0 Å². The zero-order valence-corrected chi connectivity index (χ0v) is 18.7. The third-order valence-corrected chi connectivity index (χ3v) is 4.38. The second kappa shape index (κ2) is 14.2. The molecule has 0 unspecified atom stereocenters. The van der Waals surface area contributed by atoms with Gasteiger partial charge in [0.1, 0.15) is 12.4 Å². The molecule has 0 aliphatic carbocycles. The zero-order chi connectivity index (χ0) is 23.2. The highest BCUT2D eigenvalue weighted by Gasteiger charge is 2.31. The number of ether oxygens (including phenoxy) is 4. The molecule has 0 amide bonds. The van der Waals surface area contributed by atoms with E-state index in [0.717, 1.165) is 0 Å². The van der Waals surface area contributed by atoms with E-state index < -0.39 is 35.7 Å². The number of rotatable bonds is 14. The van der Waals surface area contributed by atoms with Gasteiger partial charge in [0.05, 0.1) is 39.5 Å². The van der Waals surface area contributed by atoms with E-state index in [0.29, 0.717) is 13.1 Å². The molecule has 0 aliphatic heterocycles. The van der Waals surface area contributed by atoms with Gasteiger partial charge in [-0.25, -0.2) is 9.13 Å². The number of hydrogen-bond donors (Lipinski definition) is 0. The Bertz CT molecular complexity index is 636. The van der Waals surface area contributed by atoms with Crippen molar-refractivity contribution in [2.75, 3.05) is 26.4 Å². The molecular weight excluding hydrogens is 408 g/mol. The first-order valence-corrected chi connectivity index (χ1v) is 10.6. The lowest BCUT2D eigenvalue weighted by atomic mass is 10.1. The minimum atomic E-state index is -0.993. The number of carbonyl (C=O) groups is 4. The van der Waals surface area contributed by atoms with Crippen LogP contribution in [0.3, 0.4) is 0 Å². The molecule has 0 atom stereocenters. The number of aromatic nitrogens is 2. The number of carbonyl (C=O) groups excluding carboxylic acids is 4. The molecule has 0 bridgehead atoms. The van der Waals surface area contributed by atoms with Crippen molar-refractivity contribution in [3.63, 3.8) is 0 Å². The van der Waals surface area contributed by atoms with Crippen LogP contribution in [-0.4, -0.2) is 54.9 Å². The second-order valence-electron chi connectivity index (χ2n) is 6.58. The molecule has 1 aromatic rings. The first-order valence-electron chi connectivity index (χ1n) is 10.6. The molecule has 0 aromatic carbocycles. The monoisotopic (exact) mass is 441 g/mol. The van der Waals surface area contributed by atoms with Crippen LogP contribution >= 0.6 is 0 Å². The van der Waals surface area contributed by atoms with E-state index in [-0.39, 0.29) is 39.3 Å². The van der Waals surface area contributed by atoms with Crippen LogP contribution in [0.4, 0.5) is 0 Å². The van der Waals surface area contributed by atoms with Crippen molar-refractivity contribution in [1.29, 1.82) is 0 Å². The Hall–Kier alpha value is -2.91. The van der Waals surface area contributed by atoms with Gasteiger partial charge in [0.2, 0.25) is 6.33 Å². The molecule has 1 rings (SSSR count). The van der Waals surface area contributed by atoms with Crippen molar-refractivity contribution in [3.8, 4) is 0 Å². The van der Waals surface area contributed by atoms with Gasteiger partial charge in [-0.05, 0) is 27.7 Å². The summed E-state index contributed by atoms with van der Waals surface area (Å²) in [7, 11) is 0. The lowest BCUT2D eigenvalue weighted by Gasteiger charge is -2.13. The van der Waals surface area contributed by atoms with Gasteiger partial charge in [0.15, 0.2) is 11.8 Å². The van der Waals surface area contributed by atoms with Gasteiger partial charge < -0.3 is 18.9 Å². The van der Waals surface area contributed by atoms with Gasteiger partial charge in [0.25, 0.3) is 0 Å². The fraction of sp³-hybridized carbons (Fsp3) is 0.667. The quantitative estimate of drug-likeness (QED) is 0.182. The Labute approximate surface area is 182 Å². The summed E-state index contributed by atoms with van der Waals surface area (Å²) in [4.78, 5) is 48.3. The molecule has 0 aliphatic rings. The van der Waals surface area contributed by atoms with Crippen LogP contribution in [0.5, 0.6) is 0 Å². The van der Waals surface area contributed by atoms with Crippen LogP contribution in [0, 0.1) is 11.8 Å². The number of esters is 4. The molecule has 31 heavy (non-hydrogen) atoms. The highest BCUT2D eigenvalue weighted by molar-refractivity contribution is 5.95. The van der Waals surface area contributed by atoms with Crippen LogP contribution in [0.15, 0.2) is 18.7 Å².